The fourth-order valence-corrected chi connectivity index (χ4v) is 2.54. The molecular weight excluding hydrogens is 218 g/mol. The molecule has 1 aliphatic heterocycles. The van der Waals surface area contributed by atoms with Crippen LogP contribution < -0.4 is 16.4 Å². The first-order valence-corrected chi connectivity index (χ1v) is 6.48. The molecule has 2 amide bonds. The summed E-state index contributed by atoms with van der Waals surface area (Å²) in [4.78, 5) is 23.0. The summed E-state index contributed by atoms with van der Waals surface area (Å²) in [5.41, 5.74) is 5.83. The largest absolute Gasteiger partial charge is 0.355 e. The number of amides is 2. The summed E-state index contributed by atoms with van der Waals surface area (Å²) in [6.07, 6.45) is 5.08. The summed E-state index contributed by atoms with van der Waals surface area (Å²) in [6, 6.07) is 0.581. The smallest absolute Gasteiger partial charge is 0.225 e. The van der Waals surface area contributed by atoms with E-state index in [0.717, 1.165) is 25.7 Å². The zero-order valence-corrected chi connectivity index (χ0v) is 10.1. The van der Waals surface area contributed by atoms with Crippen LogP contribution in [0.4, 0.5) is 0 Å². The van der Waals surface area contributed by atoms with E-state index in [1.807, 2.05) is 0 Å². The highest BCUT2D eigenvalue weighted by atomic mass is 16.2. The molecule has 0 radical (unpaired) electrons. The van der Waals surface area contributed by atoms with Gasteiger partial charge in [0.05, 0.1) is 5.92 Å². The molecule has 17 heavy (non-hydrogen) atoms. The van der Waals surface area contributed by atoms with Gasteiger partial charge in [-0.25, -0.2) is 0 Å². The van der Waals surface area contributed by atoms with Gasteiger partial charge in [-0.2, -0.15) is 0 Å². The highest BCUT2D eigenvalue weighted by Crippen LogP contribution is 2.18. The van der Waals surface area contributed by atoms with Gasteiger partial charge in [-0.1, -0.05) is 0 Å². The summed E-state index contributed by atoms with van der Waals surface area (Å²) in [5.74, 6) is 0.0893. The Kier molecular flexibility index (Phi) is 3.99. The third-order valence-electron chi connectivity index (χ3n) is 3.75. The van der Waals surface area contributed by atoms with E-state index in [9.17, 15) is 9.59 Å². The molecule has 0 bridgehead atoms. The molecule has 0 aromatic carbocycles. The summed E-state index contributed by atoms with van der Waals surface area (Å²) in [5, 5.41) is 5.82. The second kappa shape index (κ2) is 5.49. The van der Waals surface area contributed by atoms with Crippen LogP contribution in [-0.4, -0.2) is 30.4 Å². The molecule has 96 valence electrons. The number of nitrogens with one attached hydrogen (secondary N) is 2. The first-order chi connectivity index (χ1) is 8.15. The van der Waals surface area contributed by atoms with Crippen LogP contribution in [0.5, 0.6) is 0 Å². The second-order valence-corrected chi connectivity index (χ2v) is 5.16. The number of rotatable bonds is 2. The van der Waals surface area contributed by atoms with Gasteiger partial charge < -0.3 is 16.4 Å². The lowest BCUT2D eigenvalue weighted by molar-refractivity contribution is -0.129. The Labute approximate surface area is 102 Å². The molecule has 1 heterocycles. The van der Waals surface area contributed by atoms with Crippen molar-refractivity contribution < 1.29 is 9.59 Å². The van der Waals surface area contributed by atoms with Gasteiger partial charge in [0.25, 0.3) is 0 Å². The van der Waals surface area contributed by atoms with Crippen LogP contribution in [0.15, 0.2) is 0 Å². The van der Waals surface area contributed by atoms with E-state index in [0.29, 0.717) is 25.4 Å². The van der Waals surface area contributed by atoms with Crippen LogP contribution in [0.3, 0.4) is 0 Å². The van der Waals surface area contributed by atoms with E-state index in [2.05, 4.69) is 10.6 Å². The van der Waals surface area contributed by atoms with Crippen molar-refractivity contribution >= 4 is 11.8 Å². The molecule has 1 aliphatic carbocycles. The molecule has 2 aliphatic rings. The van der Waals surface area contributed by atoms with Gasteiger partial charge in [0.2, 0.25) is 11.8 Å². The summed E-state index contributed by atoms with van der Waals surface area (Å²) >= 11 is 0. The number of piperidine rings is 1. The fraction of sp³-hybridized carbons (Fsp3) is 0.833. The normalized spacial score (nSPS) is 33.9. The Hall–Kier alpha value is -1.10. The Bertz CT molecular complexity index is 288. The molecule has 0 aromatic heterocycles. The Morgan fingerprint density at radius 3 is 2.53 bits per heavy atom. The zero-order valence-electron chi connectivity index (χ0n) is 10.1. The zero-order chi connectivity index (χ0) is 12.3. The van der Waals surface area contributed by atoms with Crippen molar-refractivity contribution in [2.45, 2.75) is 50.6 Å². The minimum absolute atomic E-state index is 0.0525. The van der Waals surface area contributed by atoms with E-state index in [-0.39, 0.29) is 23.8 Å². The molecule has 1 atom stereocenters. The number of carbonyl (C=O) groups excluding carboxylic acids is 2. The maximum atomic E-state index is 12.0. The van der Waals surface area contributed by atoms with Crippen LogP contribution in [0.1, 0.15) is 38.5 Å². The maximum Gasteiger partial charge on any atom is 0.225 e. The monoisotopic (exact) mass is 239 g/mol. The average Bonchev–Trinajstić information content (AvgIpc) is 2.33. The molecule has 5 nitrogen and oxygen atoms in total. The lowest BCUT2D eigenvalue weighted by Gasteiger charge is -2.29. The van der Waals surface area contributed by atoms with Gasteiger partial charge in [0.15, 0.2) is 0 Å². The first kappa shape index (κ1) is 12.4. The van der Waals surface area contributed by atoms with Gasteiger partial charge >= 0.3 is 0 Å². The van der Waals surface area contributed by atoms with Gasteiger partial charge in [0.1, 0.15) is 0 Å². The summed E-state index contributed by atoms with van der Waals surface area (Å²) in [7, 11) is 0. The molecule has 5 heteroatoms. The third kappa shape index (κ3) is 3.43. The number of hydrogen-bond acceptors (Lipinski definition) is 3. The van der Waals surface area contributed by atoms with Gasteiger partial charge in [0, 0.05) is 25.0 Å². The van der Waals surface area contributed by atoms with E-state index >= 15 is 0 Å². The van der Waals surface area contributed by atoms with Crippen LogP contribution in [-0.2, 0) is 9.59 Å². The van der Waals surface area contributed by atoms with Crippen molar-refractivity contribution in [3.05, 3.63) is 0 Å². The molecule has 0 aromatic rings. The van der Waals surface area contributed by atoms with Crippen LogP contribution in [0, 0.1) is 5.92 Å². The van der Waals surface area contributed by atoms with E-state index in [1.165, 1.54) is 0 Å². The quantitative estimate of drug-likeness (QED) is 0.629. The molecule has 2 fully saturated rings. The molecule has 4 N–H and O–H groups in total. The Balaban J connectivity index is 1.75. The summed E-state index contributed by atoms with van der Waals surface area (Å²) < 4.78 is 0. The van der Waals surface area contributed by atoms with Crippen molar-refractivity contribution in [3.8, 4) is 0 Å². The highest BCUT2D eigenvalue weighted by Gasteiger charge is 2.27. The van der Waals surface area contributed by atoms with Crippen LogP contribution in [0.25, 0.3) is 0 Å². The lowest BCUT2D eigenvalue weighted by Crippen LogP contribution is -2.47. The molecule has 0 spiro atoms. The van der Waals surface area contributed by atoms with Crippen molar-refractivity contribution in [1.82, 2.24) is 10.6 Å². The van der Waals surface area contributed by atoms with Crippen molar-refractivity contribution in [2.24, 2.45) is 11.7 Å². The number of nitrogens with two attached hydrogens (primary N) is 1. The van der Waals surface area contributed by atoms with Crippen molar-refractivity contribution in [1.29, 1.82) is 0 Å². The molecule has 2 rings (SSSR count). The Morgan fingerprint density at radius 1 is 1.24 bits per heavy atom. The van der Waals surface area contributed by atoms with Gasteiger partial charge in [-0.05, 0) is 32.1 Å². The van der Waals surface area contributed by atoms with Gasteiger partial charge in [-0.3, -0.25) is 9.59 Å². The van der Waals surface area contributed by atoms with Crippen LogP contribution >= 0.6 is 0 Å². The predicted molar refractivity (Wildman–Crippen MR) is 64.1 cm³/mol. The highest BCUT2D eigenvalue weighted by molar-refractivity contribution is 5.83. The summed E-state index contributed by atoms with van der Waals surface area (Å²) in [6.45, 7) is 0.483. The first-order valence-electron chi connectivity index (χ1n) is 6.48. The lowest BCUT2D eigenvalue weighted by atomic mass is 9.90. The minimum Gasteiger partial charge on any atom is -0.355 e. The second-order valence-electron chi connectivity index (χ2n) is 5.16. The van der Waals surface area contributed by atoms with E-state index in [4.69, 9.17) is 5.73 Å². The average molecular weight is 239 g/mol. The SMILES string of the molecule is NC1CCC(NC(=O)C2CCC(=O)NC2)CC1. The van der Waals surface area contributed by atoms with E-state index < -0.39 is 0 Å². The number of hydrogen-bond donors (Lipinski definition) is 3. The minimum atomic E-state index is -0.0525. The molecular formula is C12H21N3O2. The van der Waals surface area contributed by atoms with Gasteiger partial charge in [-0.15, -0.1) is 0 Å². The standard InChI is InChI=1S/C12H21N3O2/c13-9-2-4-10(5-3-9)15-12(17)8-1-6-11(16)14-7-8/h8-10H,1-7,13H2,(H,14,16)(H,15,17). The molecule has 1 saturated carbocycles. The topological polar surface area (TPSA) is 84.2 Å². The molecule has 1 saturated heterocycles. The maximum absolute atomic E-state index is 12.0. The predicted octanol–water partition coefficient (Wildman–Crippen LogP) is -0.101. The van der Waals surface area contributed by atoms with Crippen molar-refractivity contribution in [3.63, 3.8) is 0 Å². The van der Waals surface area contributed by atoms with E-state index in [1.54, 1.807) is 0 Å². The third-order valence-corrected chi connectivity index (χ3v) is 3.75. The Morgan fingerprint density at radius 2 is 1.94 bits per heavy atom. The van der Waals surface area contributed by atoms with Crippen molar-refractivity contribution in [2.75, 3.05) is 6.54 Å². The van der Waals surface area contributed by atoms with Crippen LogP contribution in [0.2, 0.25) is 0 Å². The number of carbonyl (C=O) groups is 2. The fourth-order valence-electron chi connectivity index (χ4n) is 2.54. The molecule has 1 unspecified atom stereocenters.